The number of carbonyl (C=O) groups excluding carboxylic acids is 1. The molecule has 0 spiro atoms. The third kappa shape index (κ3) is 4.22. The third-order valence-electron chi connectivity index (χ3n) is 2.95. The van der Waals surface area contributed by atoms with Gasteiger partial charge in [-0.15, -0.1) is 0 Å². The topological polar surface area (TPSA) is 78.4 Å². The van der Waals surface area contributed by atoms with Gasteiger partial charge in [0, 0.05) is 10.7 Å². The maximum Gasteiger partial charge on any atom is 0.320 e. The molecular formula is C13H15ClN2O3. The summed E-state index contributed by atoms with van der Waals surface area (Å²) >= 11 is 5.80. The number of hydrogen-bond acceptors (Lipinski definition) is 3. The van der Waals surface area contributed by atoms with Crippen molar-refractivity contribution in [3.05, 3.63) is 29.3 Å². The first-order valence-electron chi connectivity index (χ1n) is 6.08. The summed E-state index contributed by atoms with van der Waals surface area (Å²) in [4.78, 5) is 22.7. The number of aliphatic carboxylic acids is 1. The SMILES string of the molecule is O=C(CNC(C(=O)O)C1CC1)Nc1cccc(Cl)c1. The van der Waals surface area contributed by atoms with Crippen molar-refractivity contribution in [3.8, 4) is 0 Å². The van der Waals surface area contributed by atoms with Crippen LogP contribution in [0.4, 0.5) is 5.69 Å². The van der Waals surface area contributed by atoms with E-state index in [2.05, 4.69) is 10.6 Å². The first kappa shape index (κ1) is 13.8. The van der Waals surface area contributed by atoms with Crippen LogP contribution in [0.3, 0.4) is 0 Å². The van der Waals surface area contributed by atoms with Crippen LogP contribution in [-0.4, -0.2) is 29.6 Å². The van der Waals surface area contributed by atoms with E-state index in [1.54, 1.807) is 24.3 Å². The van der Waals surface area contributed by atoms with E-state index in [4.69, 9.17) is 16.7 Å². The summed E-state index contributed by atoms with van der Waals surface area (Å²) in [7, 11) is 0. The molecule has 0 aromatic heterocycles. The van der Waals surface area contributed by atoms with Crippen molar-refractivity contribution in [1.82, 2.24) is 5.32 Å². The Labute approximate surface area is 116 Å². The Morgan fingerprint density at radius 1 is 1.42 bits per heavy atom. The summed E-state index contributed by atoms with van der Waals surface area (Å²) in [6, 6.07) is 6.16. The number of rotatable bonds is 6. The number of anilines is 1. The molecule has 6 heteroatoms. The van der Waals surface area contributed by atoms with Crippen molar-refractivity contribution in [2.45, 2.75) is 18.9 Å². The molecule has 1 saturated carbocycles. The van der Waals surface area contributed by atoms with Crippen LogP contribution in [-0.2, 0) is 9.59 Å². The minimum absolute atomic E-state index is 0.0278. The quantitative estimate of drug-likeness (QED) is 0.742. The number of carboxylic acids is 1. The fourth-order valence-corrected chi connectivity index (χ4v) is 2.05. The average Bonchev–Trinajstić information content (AvgIpc) is 3.13. The molecule has 2 rings (SSSR count). The molecular weight excluding hydrogens is 268 g/mol. The summed E-state index contributed by atoms with van der Waals surface area (Å²) in [5, 5.41) is 15.0. The molecule has 1 aliphatic carbocycles. The Hall–Kier alpha value is -1.59. The number of halogens is 1. The van der Waals surface area contributed by atoms with Gasteiger partial charge < -0.3 is 10.4 Å². The molecule has 1 amide bonds. The molecule has 1 fully saturated rings. The summed E-state index contributed by atoms with van der Waals surface area (Å²) in [5.74, 6) is -1.04. The van der Waals surface area contributed by atoms with Gasteiger partial charge in [0.1, 0.15) is 6.04 Å². The van der Waals surface area contributed by atoms with Gasteiger partial charge in [0.15, 0.2) is 0 Å². The molecule has 0 saturated heterocycles. The fourth-order valence-electron chi connectivity index (χ4n) is 1.86. The molecule has 5 nitrogen and oxygen atoms in total. The Balaban J connectivity index is 1.82. The standard InChI is InChI=1S/C13H15ClN2O3/c14-9-2-1-3-10(6-9)16-11(17)7-15-12(13(18)19)8-4-5-8/h1-3,6,8,12,15H,4-5,7H2,(H,16,17)(H,18,19). The Morgan fingerprint density at radius 2 is 2.16 bits per heavy atom. The van der Waals surface area contributed by atoms with Gasteiger partial charge in [0.25, 0.3) is 0 Å². The lowest BCUT2D eigenvalue weighted by molar-refractivity contribution is -0.140. The summed E-state index contributed by atoms with van der Waals surface area (Å²) in [6.45, 7) is -0.0278. The first-order valence-corrected chi connectivity index (χ1v) is 6.45. The number of hydrogen-bond donors (Lipinski definition) is 3. The van der Waals surface area contributed by atoms with Crippen molar-refractivity contribution in [2.24, 2.45) is 5.92 Å². The largest absolute Gasteiger partial charge is 0.480 e. The molecule has 1 aromatic carbocycles. The van der Waals surface area contributed by atoms with E-state index in [9.17, 15) is 9.59 Å². The summed E-state index contributed by atoms with van der Waals surface area (Å²) < 4.78 is 0. The van der Waals surface area contributed by atoms with Gasteiger partial charge in [-0.05, 0) is 37.0 Å². The van der Waals surface area contributed by atoms with Crippen LogP contribution in [0, 0.1) is 5.92 Å². The predicted octanol–water partition coefficient (Wildman–Crippen LogP) is 1.73. The molecule has 1 aliphatic rings. The molecule has 0 aliphatic heterocycles. The highest BCUT2D eigenvalue weighted by Crippen LogP contribution is 2.32. The number of carboxylic acid groups (broad SMARTS) is 1. The van der Waals surface area contributed by atoms with E-state index < -0.39 is 12.0 Å². The maximum absolute atomic E-state index is 11.7. The number of carbonyl (C=O) groups is 2. The third-order valence-corrected chi connectivity index (χ3v) is 3.19. The Kier molecular flexibility index (Phi) is 4.39. The molecule has 19 heavy (non-hydrogen) atoms. The van der Waals surface area contributed by atoms with Crippen molar-refractivity contribution in [3.63, 3.8) is 0 Å². The highest BCUT2D eigenvalue weighted by Gasteiger charge is 2.36. The number of amides is 1. The zero-order chi connectivity index (χ0) is 13.8. The molecule has 1 unspecified atom stereocenters. The second kappa shape index (κ2) is 6.04. The highest BCUT2D eigenvalue weighted by molar-refractivity contribution is 6.30. The molecule has 1 aromatic rings. The van der Waals surface area contributed by atoms with Crippen LogP contribution in [0.5, 0.6) is 0 Å². The van der Waals surface area contributed by atoms with Crippen LogP contribution in [0.25, 0.3) is 0 Å². The second-order valence-electron chi connectivity index (χ2n) is 4.59. The van der Waals surface area contributed by atoms with Crippen LogP contribution < -0.4 is 10.6 Å². The molecule has 102 valence electrons. The first-order chi connectivity index (χ1) is 9.06. The van der Waals surface area contributed by atoms with Crippen molar-refractivity contribution in [1.29, 1.82) is 0 Å². The summed E-state index contributed by atoms with van der Waals surface area (Å²) in [6.07, 6.45) is 1.81. The monoisotopic (exact) mass is 282 g/mol. The minimum atomic E-state index is -0.905. The normalized spacial score (nSPS) is 15.8. The van der Waals surface area contributed by atoms with E-state index in [0.29, 0.717) is 10.7 Å². The lowest BCUT2D eigenvalue weighted by Gasteiger charge is -2.13. The van der Waals surface area contributed by atoms with E-state index in [-0.39, 0.29) is 18.4 Å². The minimum Gasteiger partial charge on any atom is -0.480 e. The van der Waals surface area contributed by atoms with Gasteiger partial charge in [-0.1, -0.05) is 17.7 Å². The van der Waals surface area contributed by atoms with Gasteiger partial charge >= 0.3 is 5.97 Å². The number of benzene rings is 1. The van der Waals surface area contributed by atoms with Crippen LogP contribution in [0.2, 0.25) is 5.02 Å². The van der Waals surface area contributed by atoms with E-state index in [1.165, 1.54) is 0 Å². The van der Waals surface area contributed by atoms with Gasteiger partial charge in [0.2, 0.25) is 5.91 Å². The zero-order valence-electron chi connectivity index (χ0n) is 10.2. The molecule has 1 atom stereocenters. The van der Waals surface area contributed by atoms with E-state index in [1.807, 2.05) is 0 Å². The highest BCUT2D eigenvalue weighted by atomic mass is 35.5. The van der Waals surface area contributed by atoms with Gasteiger partial charge in [0.05, 0.1) is 6.54 Å². The van der Waals surface area contributed by atoms with Gasteiger partial charge in [-0.3, -0.25) is 14.9 Å². The molecule has 0 radical (unpaired) electrons. The lowest BCUT2D eigenvalue weighted by atomic mass is 10.2. The van der Waals surface area contributed by atoms with Crippen LogP contribution in [0.15, 0.2) is 24.3 Å². The molecule has 0 bridgehead atoms. The second-order valence-corrected chi connectivity index (χ2v) is 5.03. The van der Waals surface area contributed by atoms with E-state index >= 15 is 0 Å². The van der Waals surface area contributed by atoms with Crippen LogP contribution in [0.1, 0.15) is 12.8 Å². The van der Waals surface area contributed by atoms with Gasteiger partial charge in [-0.2, -0.15) is 0 Å². The lowest BCUT2D eigenvalue weighted by Crippen LogP contribution is -2.42. The van der Waals surface area contributed by atoms with Crippen molar-refractivity contribution in [2.75, 3.05) is 11.9 Å². The van der Waals surface area contributed by atoms with Gasteiger partial charge in [-0.25, -0.2) is 0 Å². The van der Waals surface area contributed by atoms with E-state index in [0.717, 1.165) is 12.8 Å². The smallest absolute Gasteiger partial charge is 0.320 e. The van der Waals surface area contributed by atoms with Crippen molar-refractivity contribution < 1.29 is 14.7 Å². The molecule has 3 N–H and O–H groups in total. The Bertz CT molecular complexity index is 489. The fraction of sp³-hybridized carbons (Fsp3) is 0.385. The van der Waals surface area contributed by atoms with Crippen molar-refractivity contribution >= 4 is 29.2 Å². The predicted molar refractivity (Wildman–Crippen MR) is 72.2 cm³/mol. The zero-order valence-corrected chi connectivity index (χ0v) is 11.0. The average molecular weight is 283 g/mol. The number of nitrogens with one attached hydrogen (secondary N) is 2. The molecule has 0 heterocycles. The maximum atomic E-state index is 11.7. The summed E-state index contributed by atoms with van der Waals surface area (Å²) in [5.41, 5.74) is 0.595. The Morgan fingerprint density at radius 3 is 2.74 bits per heavy atom. The van der Waals surface area contributed by atoms with Crippen LogP contribution >= 0.6 is 11.6 Å².